The average Bonchev–Trinajstić information content (AvgIpc) is 3.01. The van der Waals surface area contributed by atoms with Crippen LogP contribution in [0.3, 0.4) is 0 Å². The Balaban J connectivity index is 2.23. The van der Waals surface area contributed by atoms with E-state index >= 15 is 0 Å². The van der Waals surface area contributed by atoms with Crippen molar-refractivity contribution in [1.29, 1.82) is 0 Å². The van der Waals surface area contributed by atoms with Gasteiger partial charge in [-0.25, -0.2) is 9.18 Å². The molecule has 1 aliphatic heterocycles. The number of carbonyl (C=O) groups excluding carboxylic acids is 2. The number of allylic oxidation sites excluding steroid dienone is 1. The van der Waals surface area contributed by atoms with Crippen LogP contribution in [0.15, 0.2) is 35.5 Å². The Kier molecular flexibility index (Phi) is 3.61. The minimum atomic E-state index is -0.756. The molecule has 1 aliphatic rings. The second-order valence-electron chi connectivity index (χ2n) is 4.86. The summed E-state index contributed by atoms with van der Waals surface area (Å²) in [4.78, 5) is 24.2. The summed E-state index contributed by atoms with van der Waals surface area (Å²) < 4.78 is 19.3. The molecule has 1 aromatic heterocycles. The molecule has 2 aromatic rings. The molecule has 0 spiro atoms. The molecule has 1 aromatic carbocycles. The number of rotatable bonds is 3. The van der Waals surface area contributed by atoms with E-state index in [1.54, 1.807) is 0 Å². The fourth-order valence-corrected chi connectivity index (χ4v) is 2.47. The highest BCUT2D eigenvalue weighted by Gasteiger charge is 2.36. The van der Waals surface area contributed by atoms with Crippen molar-refractivity contribution >= 4 is 17.7 Å². The zero-order chi connectivity index (χ0) is 16.6. The predicted molar refractivity (Wildman–Crippen MR) is 75.7 cm³/mol. The lowest BCUT2D eigenvalue weighted by Crippen LogP contribution is -2.32. The number of esters is 1. The maximum absolute atomic E-state index is 13.2. The van der Waals surface area contributed by atoms with Gasteiger partial charge in [-0.2, -0.15) is 4.68 Å². The largest absolute Gasteiger partial charge is 0.464 e. The van der Waals surface area contributed by atoms with E-state index in [9.17, 15) is 14.0 Å². The van der Waals surface area contributed by atoms with Crippen LogP contribution in [0.4, 0.5) is 10.3 Å². The van der Waals surface area contributed by atoms with Crippen LogP contribution in [0.5, 0.6) is 0 Å². The number of aromatic nitrogens is 4. The minimum absolute atomic E-state index is 0.0309. The lowest BCUT2D eigenvalue weighted by molar-refractivity contribution is -0.136. The number of ether oxygens (including phenoxy) is 1. The number of hydrogen-bond acceptors (Lipinski definition) is 7. The topological polar surface area (TPSA) is 99.0 Å². The number of tetrazole rings is 1. The molecule has 0 saturated carbocycles. The number of fused-ring (bicyclic) bond motifs is 1. The fraction of sp³-hybridized carbons (Fsp3) is 0.214. The molecule has 0 amide bonds. The number of nitrogens with one attached hydrogen (secondary N) is 1. The van der Waals surface area contributed by atoms with Crippen molar-refractivity contribution in [2.45, 2.75) is 13.0 Å². The maximum Gasteiger partial charge on any atom is 0.355 e. The molecule has 8 nitrogen and oxygen atoms in total. The highest BCUT2D eigenvalue weighted by Crippen LogP contribution is 2.35. The molecule has 0 unspecified atom stereocenters. The summed E-state index contributed by atoms with van der Waals surface area (Å²) in [6.07, 6.45) is 0. The second kappa shape index (κ2) is 5.59. The number of hydrogen-bond donors (Lipinski definition) is 1. The number of ketones is 1. The SMILES string of the molecule is COC(=O)C1=C(C(C)=O)[C@H](c2ccc(F)cc2)n2nnnc2N1. The molecule has 3 rings (SSSR count). The Morgan fingerprint density at radius 3 is 2.61 bits per heavy atom. The molecular formula is C14H12FN5O3. The Labute approximate surface area is 129 Å². The molecule has 0 saturated heterocycles. The number of Topliss-reactive ketones (excluding diaryl/α,β-unsaturated/α-hetero) is 1. The van der Waals surface area contributed by atoms with Crippen molar-refractivity contribution in [3.05, 3.63) is 46.9 Å². The number of halogens is 1. The van der Waals surface area contributed by atoms with Gasteiger partial charge < -0.3 is 10.1 Å². The summed E-state index contributed by atoms with van der Waals surface area (Å²) in [5.41, 5.74) is 0.674. The van der Waals surface area contributed by atoms with Crippen molar-refractivity contribution in [3.8, 4) is 0 Å². The molecule has 2 heterocycles. The van der Waals surface area contributed by atoms with Crippen molar-refractivity contribution in [3.63, 3.8) is 0 Å². The molecular weight excluding hydrogens is 305 g/mol. The Morgan fingerprint density at radius 2 is 2.00 bits per heavy atom. The van der Waals surface area contributed by atoms with Crippen LogP contribution in [0.2, 0.25) is 0 Å². The first-order valence-corrected chi connectivity index (χ1v) is 6.66. The van der Waals surface area contributed by atoms with E-state index in [1.807, 2.05) is 0 Å². The monoisotopic (exact) mass is 317 g/mol. The van der Waals surface area contributed by atoms with Crippen LogP contribution < -0.4 is 5.32 Å². The number of carbonyl (C=O) groups is 2. The average molecular weight is 317 g/mol. The van der Waals surface area contributed by atoms with Crippen LogP contribution in [-0.2, 0) is 14.3 Å². The van der Waals surface area contributed by atoms with Gasteiger partial charge in [0.25, 0.3) is 0 Å². The minimum Gasteiger partial charge on any atom is -0.464 e. The van der Waals surface area contributed by atoms with Crippen molar-refractivity contribution in [2.75, 3.05) is 12.4 Å². The number of anilines is 1. The van der Waals surface area contributed by atoms with Crippen LogP contribution in [0, 0.1) is 5.82 Å². The van der Waals surface area contributed by atoms with Gasteiger partial charge in [-0.05, 0) is 35.0 Å². The standard InChI is InChI=1S/C14H12FN5O3/c1-7(21)10-11(13(22)23-2)16-14-17-18-19-20(14)12(10)8-3-5-9(15)6-4-8/h3-6,12H,1-2H3,(H,16,17,19)/t12-/m0/s1. The number of benzene rings is 1. The van der Waals surface area contributed by atoms with Gasteiger partial charge in [0, 0.05) is 0 Å². The molecule has 9 heteroatoms. The van der Waals surface area contributed by atoms with Crippen molar-refractivity contribution < 1.29 is 18.7 Å². The van der Waals surface area contributed by atoms with Crippen LogP contribution in [0.25, 0.3) is 0 Å². The first-order chi connectivity index (χ1) is 11.0. The normalized spacial score (nSPS) is 16.6. The van der Waals surface area contributed by atoms with Gasteiger partial charge >= 0.3 is 5.97 Å². The van der Waals surface area contributed by atoms with E-state index in [-0.39, 0.29) is 23.0 Å². The molecule has 23 heavy (non-hydrogen) atoms. The summed E-state index contributed by atoms with van der Waals surface area (Å²) >= 11 is 0. The predicted octanol–water partition coefficient (Wildman–Crippen LogP) is 0.843. The highest BCUT2D eigenvalue weighted by atomic mass is 19.1. The third-order valence-electron chi connectivity index (χ3n) is 3.47. The summed E-state index contributed by atoms with van der Waals surface area (Å²) in [6.45, 7) is 1.33. The quantitative estimate of drug-likeness (QED) is 0.838. The van der Waals surface area contributed by atoms with E-state index in [4.69, 9.17) is 4.74 Å². The molecule has 1 N–H and O–H groups in total. The van der Waals surface area contributed by atoms with Gasteiger partial charge in [0.15, 0.2) is 5.78 Å². The van der Waals surface area contributed by atoms with E-state index in [2.05, 4.69) is 20.8 Å². The van der Waals surface area contributed by atoms with Gasteiger partial charge in [-0.3, -0.25) is 4.79 Å². The summed E-state index contributed by atoms with van der Waals surface area (Å²) in [5.74, 6) is -1.30. The van der Waals surface area contributed by atoms with E-state index in [0.29, 0.717) is 5.56 Å². The van der Waals surface area contributed by atoms with E-state index in [0.717, 1.165) is 0 Å². The van der Waals surface area contributed by atoms with E-state index in [1.165, 1.54) is 43.0 Å². The molecule has 0 bridgehead atoms. The molecule has 1 atom stereocenters. The van der Waals surface area contributed by atoms with E-state index < -0.39 is 17.8 Å². The number of nitrogens with zero attached hydrogens (tertiary/aromatic N) is 4. The molecule has 118 valence electrons. The summed E-state index contributed by atoms with van der Waals surface area (Å²) in [6, 6.07) is 4.78. The third kappa shape index (κ3) is 2.45. The summed E-state index contributed by atoms with van der Waals surface area (Å²) in [5, 5.41) is 13.9. The molecule has 0 aliphatic carbocycles. The smallest absolute Gasteiger partial charge is 0.355 e. The van der Waals surface area contributed by atoms with Gasteiger partial charge in [0.2, 0.25) is 5.95 Å². The number of methoxy groups -OCH3 is 1. The van der Waals surface area contributed by atoms with Crippen molar-refractivity contribution in [2.24, 2.45) is 0 Å². The lowest BCUT2D eigenvalue weighted by atomic mass is 9.93. The van der Waals surface area contributed by atoms with Crippen molar-refractivity contribution in [1.82, 2.24) is 20.2 Å². The van der Waals surface area contributed by atoms with Crippen LogP contribution >= 0.6 is 0 Å². The van der Waals surface area contributed by atoms with Gasteiger partial charge in [0.1, 0.15) is 17.6 Å². The van der Waals surface area contributed by atoms with Gasteiger partial charge in [-0.15, -0.1) is 0 Å². The van der Waals surface area contributed by atoms with Gasteiger partial charge in [0.05, 0.1) is 12.7 Å². The zero-order valence-corrected chi connectivity index (χ0v) is 12.3. The fourth-order valence-electron chi connectivity index (χ4n) is 2.47. The van der Waals surface area contributed by atoms with Gasteiger partial charge in [-0.1, -0.05) is 17.2 Å². The third-order valence-corrected chi connectivity index (χ3v) is 3.47. The van der Waals surface area contributed by atoms with Crippen LogP contribution in [0.1, 0.15) is 18.5 Å². The Bertz CT molecular complexity index is 812. The zero-order valence-electron chi connectivity index (χ0n) is 12.3. The lowest BCUT2D eigenvalue weighted by Gasteiger charge is -2.27. The summed E-state index contributed by atoms with van der Waals surface area (Å²) in [7, 11) is 1.21. The highest BCUT2D eigenvalue weighted by molar-refractivity contribution is 6.05. The maximum atomic E-state index is 13.2. The Morgan fingerprint density at radius 1 is 1.30 bits per heavy atom. The molecule has 0 fully saturated rings. The molecule has 0 radical (unpaired) electrons. The first-order valence-electron chi connectivity index (χ1n) is 6.66. The first kappa shape index (κ1) is 14.8. The Hall–Kier alpha value is -3.10. The second-order valence-corrected chi connectivity index (χ2v) is 4.86. The van der Waals surface area contributed by atoms with Crippen LogP contribution in [-0.4, -0.2) is 39.1 Å².